The Morgan fingerprint density at radius 2 is 2.33 bits per heavy atom. The van der Waals surface area contributed by atoms with Gasteiger partial charge in [0.1, 0.15) is 0 Å². The van der Waals surface area contributed by atoms with Crippen LogP contribution in [0.25, 0.3) is 0 Å². The predicted octanol–water partition coefficient (Wildman–Crippen LogP) is 3.95. The van der Waals surface area contributed by atoms with Gasteiger partial charge < -0.3 is 0 Å². The molecule has 0 saturated heterocycles. The lowest BCUT2D eigenvalue weighted by Gasteiger charge is -2.35. The standard InChI is InChI=1S/C12H20/c1-5-6-11-7-8-12(3,4)10(2)9-11/h5,9-10H,1,6-8H2,2-4H3/t10-/m1/s1. The summed E-state index contributed by atoms with van der Waals surface area (Å²) in [4.78, 5) is 0. The number of hydrogen-bond acceptors (Lipinski definition) is 0. The van der Waals surface area contributed by atoms with Crippen LogP contribution in [0, 0.1) is 11.3 Å². The first-order valence-corrected chi connectivity index (χ1v) is 4.87. The van der Waals surface area contributed by atoms with Gasteiger partial charge in [0.05, 0.1) is 0 Å². The Kier molecular flexibility index (Phi) is 2.76. The molecule has 1 aliphatic carbocycles. The van der Waals surface area contributed by atoms with Crippen LogP contribution in [-0.4, -0.2) is 0 Å². The zero-order valence-corrected chi connectivity index (χ0v) is 8.56. The number of rotatable bonds is 2. The van der Waals surface area contributed by atoms with Crippen molar-refractivity contribution in [1.82, 2.24) is 0 Å². The Labute approximate surface area is 76.4 Å². The van der Waals surface area contributed by atoms with Crippen molar-refractivity contribution in [3.63, 3.8) is 0 Å². The lowest BCUT2D eigenvalue weighted by atomic mass is 9.71. The molecule has 0 amide bonds. The topological polar surface area (TPSA) is 0 Å². The molecule has 0 N–H and O–H groups in total. The van der Waals surface area contributed by atoms with Crippen molar-refractivity contribution in [2.75, 3.05) is 0 Å². The third-order valence-electron chi connectivity index (χ3n) is 3.22. The molecule has 0 heteroatoms. The van der Waals surface area contributed by atoms with E-state index in [4.69, 9.17) is 0 Å². The summed E-state index contributed by atoms with van der Waals surface area (Å²) >= 11 is 0. The van der Waals surface area contributed by atoms with Gasteiger partial charge in [0.15, 0.2) is 0 Å². The van der Waals surface area contributed by atoms with Gasteiger partial charge in [-0.15, -0.1) is 6.58 Å². The third-order valence-corrected chi connectivity index (χ3v) is 3.22. The molecule has 0 bridgehead atoms. The normalized spacial score (nSPS) is 27.9. The highest BCUT2D eigenvalue weighted by atomic mass is 14.3. The lowest BCUT2D eigenvalue weighted by Crippen LogP contribution is -2.23. The van der Waals surface area contributed by atoms with Gasteiger partial charge >= 0.3 is 0 Å². The summed E-state index contributed by atoms with van der Waals surface area (Å²) in [5.74, 6) is 0.723. The molecular formula is C12H20. The average molecular weight is 164 g/mol. The van der Waals surface area contributed by atoms with Gasteiger partial charge in [-0.25, -0.2) is 0 Å². The Morgan fingerprint density at radius 3 is 2.83 bits per heavy atom. The molecule has 0 heterocycles. The summed E-state index contributed by atoms with van der Waals surface area (Å²) in [6.07, 6.45) is 8.12. The van der Waals surface area contributed by atoms with Crippen LogP contribution in [0.4, 0.5) is 0 Å². The van der Waals surface area contributed by atoms with Crippen LogP contribution in [-0.2, 0) is 0 Å². The van der Waals surface area contributed by atoms with E-state index in [2.05, 4.69) is 33.4 Å². The molecule has 0 fully saturated rings. The van der Waals surface area contributed by atoms with E-state index in [1.165, 1.54) is 12.8 Å². The minimum absolute atomic E-state index is 0.505. The molecule has 0 unspecified atom stereocenters. The van der Waals surface area contributed by atoms with Gasteiger partial charge in [-0.3, -0.25) is 0 Å². The van der Waals surface area contributed by atoms with Crippen molar-refractivity contribution in [2.45, 2.75) is 40.0 Å². The molecule has 0 aromatic carbocycles. The maximum atomic E-state index is 3.78. The van der Waals surface area contributed by atoms with Crippen molar-refractivity contribution < 1.29 is 0 Å². The first kappa shape index (κ1) is 9.57. The summed E-state index contributed by atoms with van der Waals surface area (Å²) in [5, 5.41) is 0. The number of allylic oxidation sites excluding steroid dienone is 3. The third kappa shape index (κ3) is 2.00. The van der Waals surface area contributed by atoms with Gasteiger partial charge in [0.25, 0.3) is 0 Å². The quantitative estimate of drug-likeness (QED) is 0.542. The van der Waals surface area contributed by atoms with Crippen LogP contribution in [0.2, 0.25) is 0 Å². The lowest BCUT2D eigenvalue weighted by molar-refractivity contribution is 0.238. The summed E-state index contributed by atoms with van der Waals surface area (Å²) < 4.78 is 0. The van der Waals surface area contributed by atoms with E-state index in [9.17, 15) is 0 Å². The molecule has 0 aromatic rings. The Morgan fingerprint density at radius 1 is 1.67 bits per heavy atom. The van der Waals surface area contributed by atoms with Crippen LogP contribution in [0.3, 0.4) is 0 Å². The average Bonchev–Trinajstić information content (AvgIpc) is 1.98. The van der Waals surface area contributed by atoms with Crippen molar-refractivity contribution in [3.05, 3.63) is 24.3 Å². The zero-order valence-electron chi connectivity index (χ0n) is 8.56. The van der Waals surface area contributed by atoms with Crippen molar-refractivity contribution >= 4 is 0 Å². The van der Waals surface area contributed by atoms with Gasteiger partial charge in [-0.1, -0.05) is 38.5 Å². The van der Waals surface area contributed by atoms with Gasteiger partial charge in [0.2, 0.25) is 0 Å². The molecule has 0 nitrogen and oxygen atoms in total. The first-order chi connectivity index (χ1) is 5.56. The molecule has 0 aliphatic heterocycles. The summed E-state index contributed by atoms with van der Waals surface area (Å²) in [7, 11) is 0. The van der Waals surface area contributed by atoms with Crippen molar-refractivity contribution in [2.24, 2.45) is 11.3 Å². The Bertz CT molecular complexity index is 196. The molecule has 0 aromatic heterocycles. The fourth-order valence-electron chi connectivity index (χ4n) is 1.73. The molecule has 0 saturated carbocycles. The molecule has 1 rings (SSSR count). The zero-order chi connectivity index (χ0) is 9.19. The van der Waals surface area contributed by atoms with Crippen LogP contribution < -0.4 is 0 Å². The molecule has 0 spiro atoms. The summed E-state index contributed by atoms with van der Waals surface area (Å²) in [5.41, 5.74) is 2.09. The van der Waals surface area contributed by atoms with Crippen LogP contribution >= 0.6 is 0 Å². The monoisotopic (exact) mass is 164 g/mol. The van der Waals surface area contributed by atoms with E-state index < -0.39 is 0 Å². The summed E-state index contributed by atoms with van der Waals surface area (Å²) in [6, 6.07) is 0. The molecule has 68 valence electrons. The van der Waals surface area contributed by atoms with Gasteiger partial charge in [0, 0.05) is 0 Å². The van der Waals surface area contributed by atoms with E-state index in [1.54, 1.807) is 5.57 Å². The minimum Gasteiger partial charge on any atom is -0.103 e. The van der Waals surface area contributed by atoms with E-state index in [1.807, 2.05) is 6.08 Å². The predicted molar refractivity (Wildman–Crippen MR) is 55.1 cm³/mol. The second kappa shape index (κ2) is 3.47. The SMILES string of the molecule is C=CCC1=C[C@@H](C)C(C)(C)CC1. The van der Waals surface area contributed by atoms with Crippen LogP contribution in [0.15, 0.2) is 24.3 Å². The highest BCUT2D eigenvalue weighted by molar-refractivity contribution is 5.13. The smallest absolute Gasteiger partial charge is 0.0141 e. The van der Waals surface area contributed by atoms with E-state index in [-0.39, 0.29) is 0 Å². The van der Waals surface area contributed by atoms with E-state index in [0.717, 1.165) is 12.3 Å². The van der Waals surface area contributed by atoms with Crippen LogP contribution in [0.1, 0.15) is 40.0 Å². The van der Waals surface area contributed by atoms with Gasteiger partial charge in [-0.05, 0) is 30.6 Å². The molecular weight excluding hydrogens is 144 g/mol. The molecule has 1 aliphatic rings. The highest BCUT2D eigenvalue weighted by Crippen LogP contribution is 2.39. The van der Waals surface area contributed by atoms with E-state index in [0.29, 0.717) is 5.41 Å². The number of hydrogen-bond donors (Lipinski definition) is 0. The van der Waals surface area contributed by atoms with Crippen molar-refractivity contribution in [1.29, 1.82) is 0 Å². The Hall–Kier alpha value is -0.520. The highest BCUT2D eigenvalue weighted by Gasteiger charge is 2.27. The van der Waals surface area contributed by atoms with Gasteiger partial charge in [-0.2, -0.15) is 0 Å². The van der Waals surface area contributed by atoms with Crippen molar-refractivity contribution in [3.8, 4) is 0 Å². The summed E-state index contributed by atoms with van der Waals surface area (Å²) in [6.45, 7) is 10.8. The second-order valence-electron chi connectivity index (χ2n) is 4.59. The first-order valence-electron chi connectivity index (χ1n) is 4.87. The molecule has 1 atom stereocenters. The fourth-order valence-corrected chi connectivity index (χ4v) is 1.73. The maximum absolute atomic E-state index is 3.78. The van der Waals surface area contributed by atoms with E-state index >= 15 is 0 Å². The molecule has 12 heavy (non-hydrogen) atoms. The fraction of sp³-hybridized carbons (Fsp3) is 0.667. The molecule has 0 radical (unpaired) electrons. The minimum atomic E-state index is 0.505. The van der Waals surface area contributed by atoms with Crippen LogP contribution in [0.5, 0.6) is 0 Å². The Balaban J connectivity index is 2.68. The second-order valence-corrected chi connectivity index (χ2v) is 4.59. The largest absolute Gasteiger partial charge is 0.103 e. The maximum Gasteiger partial charge on any atom is -0.0141 e.